The van der Waals surface area contributed by atoms with Crippen LogP contribution in [0.4, 0.5) is 4.39 Å². The maximum absolute atomic E-state index is 13.1. The summed E-state index contributed by atoms with van der Waals surface area (Å²) in [5, 5.41) is 0. The summed E-state index contributed by atoms with van der Waals surface area (Å²) in [7, 11) is -3.71. The van der Waals surface area contributed by atoms with Gasteiger partial charge in [-0.3, -0.25) is 4.90 Å². The van der Waals surface area contributed by atoms with E-state index in [1.165, 1.54) is 18.2 Å². The van der Waals surface area contributed by atoms with E-state index < -0.39 is 15.8 Å². The monoisotopic (exact) mass is 330 g/mol. The van der Waals surface area contributed by atoms with Gasteiger partial charge in [0.2, 0.25) is 10.0 Å². The van der Waals surface area contributed by atoms with Gasteiger partial charge in [0.15, 0.2) is 0 Å². The molecule has 1 aromatic rings. The van der Waals surface area contributed by atoms with Gasteiger partial charge in [-0.25, -0.2) is 17.5 Å². The van der Waals surface area contributed by atoms with Gasteiger partial charge in [-0.05, 0) is 24.1 Å². The molecule has 0 radical (unpaired) electrons. The predicted molar refractivity (Wildman–Crippen MR) is 82.6 cm³/mol. The Morgan fingerprint density at radius 3 is 2.91 bits per heavy atom. The predicted octanol–water partition coefficient (Wildman–Crippen LogP) is 1.46. The van der Waals surface area contributed by atoms with Crippen molar-refractivity contribution in [2.45, 2.75) is 24.8 Å². The summed E-state index contributed by atoms with van der Waals surface area (Å²) >= 11 is 0. The normalized spacial score (nSPS) is 20.5. The van der Waals surface area contributed by atoms with Crippen molar-refractivity contribution in [3.8, 4) is 0 Å². The van der Waals surface area contributed by atoms with E-state index in [0.29, 0.717) is 19.1 Å². The third kappa shape index (κ3) is 5.01. The molecule has 1 aromatic carbocycles. The minimum absolute atomic E-state index is 0.0673. The topological polar surface area (TPSA) is 58.6 Å². The number of benzene rings is 1. The molecule has 1 fully saturated rings. The van der Waals surface area contributed by atoms with E-state index in [-0.39, 0.29) is 17.5 Å². The van der Waals surface area contributed by atoms with E-state index in [0.717, 1.165) is 19.2 Å². The molecule has 1 saturated heterocycles. The van der Waals surface area contributed by atoms with E-state index >= 15 is 0 Å². The lowest BCUT2D eigenvalue weighted by Crippen LogP contribution is -2.48. The molecule has 1 unspecified atom stereocenters. The maximum Gasteiger partial charge on any atom is 0.240 e. The Morgan fingerprint density at radius 2 is 2.23 bits per heavy atom. The second-order valence-corrected chi connectivity index (χ2v) is 7.72. The van der Waals surface area contributed by atoms with Gasteiger partial charge in [-0.15, -0.1) is 0 Å². The molecule has 1 N–H and O–H groups in total. The highest BCUT2D eigenvalue weighted by molar-refractivity contribution is 7.89. The fraction of sp³-hybridized carbons (Fsp3) is 0.600. The zero-order valence-electron chi connectivity index (χ0n) is 13.0. The quantitative estimate of drug-likeness (QED) is 0.858. The molecule has 1 aliphatic heterocycles. The lowest BCUT2D eigenvalue weighted by molar-refractivity contribution is -0.0280. The molecule has 1 atom stereocenters. The third-order valence-electron chi connectivity index (χ3n) is 3.45. The van der Waals surface area contributed by atoms with Crippen molar-refractivity contribution >= 4 is 10.0 Å². The highest BCUT2D eigenvalue weighted by Gasteiger charge is 2.23. The summed E-state index contributed by atoms with van der Waals surface area (Å²) in [4.78, 5) is 2.21. The number of hydrogen-bond donors (Lipinski definition) is 1. The Hall–Kier alpha value is -1.02. The number of rotatable bonds is 6. The first-order valence-corrected chi connectivity index (χ1v) is 8.94. The third-order valence-corrected chi connectivity index (χ3v) is 4.87. The maximum atomic E-state index is 13.1. The van der Waals surface area contributed by atoms with Crippen molar-refractivity contribution in [2.75, 3.05) is 32.8 Å². The Kier molecular flexibility index (Phi) is 5.91. The van der Waals surface area contributed by atoms with Crippen molar-refractivity contribution in [2.24, 2.45) is 5.92 Å². The minimum Gasteiger partial charge on any atom is -0.374 e. The summed E-state index contributed by atoms with van der Waals surface area (Å²) < 4.78 is 45.5. The van der Waals surface area contributed by atoms with Gasteiger partial charge in [0, 0.05) is 26.2 Å². The number of hydrogen-bond acceptors (Lipinski definition) is 4. The molecule has 7 heteroatoms. The molecule has 0 aliphatic carbocycles. The molecule has 1 heterocycles. The lowest BCUT2D eigenvalue weighted by atomic mass is 10.2. The molecular weight excluding hydrogens is 307 g/mol. The second-order valence-electron chi connectivity index (χ2n) is 5.96. The first-order valence-electron chi connectivity index (χ1n) is 7.46. The van der Waals surface area contributed by atoms with Crippen molar-refractivity contribution < 1.29 is 17.5 Å². The first-order chi connectivity index (χ1) is 10.4. The van der Waals surface area contributed by atoms with E-state index in [2.05, 4.69) is 23.5 Å². The van der Waals surface area contributed by atoms with Crippen LogP contribution in [0.2, 0.25) is 0 Å². The molecular formula is C15H23FN2O3S. The summed E-state index contributed by atoms with van der Waals surface area (Å²) in [5.74, 6) is -0.0114. The Morgan fingerprint density at radius 1 is 1.45 bits per heavy atom. The molecule has 0 amide bonds. The summed E-state index contributed by atoms with van der Waals surface area (Å²) in [6.07, 6.45) is -0.184. The summed E-state index contributed by atoms with van der Waals surface area (Å²) in [5.41, 5.74) is 0. The molecule has 22 heavy (non-hydrogen) atoms. The molecule has 0 bridgehead atoms. The van der Waals surface area contributed by atoms with Crippen LogP contribution in [-0.4, -0.2) is 52.2 Å². The highest BCUT2D eigenvalue weighted by Crippen LogP contribution is 2.12. The highest BCUT2D eigenvalue weighted by atomic mass is 32.2. The minimum atomic E-state index is -3.71. The van der Waals surface area contributed by atoms with Gasteiger partial charge >= 0.3 is 0 Å². The van der Waals surface area contributed by atoms with Crippen LogP contribution in [0, 0.1) is 11.7 Å². The van der Waals surface area contributed by atoms with Crippen LogP contribution in [0.15, 0.2) is 29.2 Å². The largest absolute Gasteiger partial charge is 0.374 e. The van der Waals surface area contributed by atoms with Crippen molar-refractivity contribution in [1.29, 1.82) is 0 Å². The number of halogens is 1. The van der Waals surface area contributed by atoms with Crippen LogP contribution in [-0.2, 0) is 14.8 Å². The van der Waals surface area contributed by atoms with Crippen molar-refractivity contribution in [1.82, 2.24) is 9.62 Å². The van der Waals surface area contributed by atoms with Crippen LogP contribution in [0.3, 0.4) is 0 Å². The number of nitrogens with one attached hydrogen (secondary N) is 1. The average molecular weight is 330 g/mol. The number of nitrogens with zero attached hydrogens (tertiary/aromatic N) is 1. The van der Waals surface area contributed by atoms with Gasteiger partial charge < -0.3 is 4.74 Å². The summed E-state index contributed by atoms with van der Waals surface area (Å²) in [6.45, 7) is 7.62. The van der Waals surface area contributed by atoms with Crippen LogP contribution in [0.5, 0.6) is 0 Å². The zero-order chi connectivity index (χ0) is 16.2. The van der Waals surface area contributed by atoms with Crippen LogP contribution in [0.1, 0.15) is 13.8 Å². The second kappa shape index (κ2) is 7.50. The molecule has 0 aromatic heterocycles. The Bertz CT molecular complexity index is 592. The molecule has 0 saturated carbocycles. The molecule has 2 rings (SSSR count). The molecule has 1 aliphatic rings. The fourth-order valence-electron chi connectivity index (χ4n) is 2.51. The van der Waals surface area contributed by atoms with Crippen molar-refractivity contribution in [3.05, 3.63) is 30.1 Å². The van der Waals surface area contributed by atoms with E-state index in [1.807, 2.05) is 0 Å². The lowest BCUT2D eigenvalue weighted by Gasteiger charge is -2.33. The van der Waals surface area contributed by atoms with Gasteiger partial charge in [0.05, 0.1) is 17.6 Å². The smallest absolute Gasteiger partial charge is 0.240 e. The Balaban J connectivity index is 1.91. The van der Waals surface area contributed by atoms with E-state index in [1.54, 1.807) is 0 Å². The molecule has 124 valence electrons. The SMILES string of the molecule is CC(C)CN1CCOC(CNS(=O)(=O)c2cccc(F)c2)C1. The van der Waals surface area contributed by atoms with Gasteiger partial charge in [-0.2, -0.15) is 0 Å². The number of morpholine rings is 1. The fourth-order valence-corrected chi connectivity index (χ4v) is 3.60. The Labute approximate surface area is 131 Å². The van der Waals surface area contributed by atoms with Gasteiger partial charge in [-0.1, -0.05) is 19.9 Å². The first kappa shape index (κ1) is 17.3. The van der Waals surface area contributed by atoms with Gasteiger partial charge in [0.25, 0.3) is 0 Å². The number of sulfonamides is 1. The van der Waals surface area contributed by atoms with Crippen LogP contribution >= 0.6 is 0 Å². The number of ether oxygens (including phenoxy) is 1. The van der Waals surface area contributed by atoms with Crippen LogP contribution in [0.25, 0.3) is 0 Å². The standard InChI is InChI=1S/C15H23FN2O3S/c1-12(2)10-18-6-7-21-14(11-18)9-17-22(19,20)15-5-3-4-13(16)8-15/h3-5,8,12,14,17H,6-7,9-11H2,1-2H3. The van der Waals surface area contributed by atoms with Crippen molar-refractivity contribution in [3.63, 3.8) is 0 Å². The summed E-state index contributed by atoms with van der Waals surface area (Å²) in [6, 6.07) is 4.98. The molecule has 5 nitrogen and oxygen atoms in total. The average Bonchev–Trinajstić information content (AvgIpc) is 2.45. The van der Waals surface area contributed by atoms with Crippen LogP contribution < -0.4 is 4.72 Å². The molecule has 0 spiro atoms. The van der Waals surface area contributed by atoms with E-state index in [9.17, 15) is 12.8 Å². The van der Waals surface area contributed by atoms with Gasteiger partial charge in [0.1, 0.15) is 5.82 Å². The van der Waals surface area contributed by atoms with E-state index in [4.69, 9.17) is 4.74 Å². The zero-order valence-corrected chi connectivity index (χ0v) is 13.8.